The van der Waals surface area contributed by atoms with E-state index in [1.54, 1.807) is 24.2 Å². The molecule has 1 saturated heterocycles. The van der Waals surface area contributed by atoms with Gasteiger partial charge in [-0.15, -0.1) is 13.2 Å². The largest absolute Gasteiger partial charge is 0.497 e. The molecule has 6 nitrogen and oxygen atoms in total. The number of nitrogens with zero attached hydrogens (tertiary/aromatic N) is 2. The highest BCUT2D eigenvalue weighted by Crippen LogP contribution is 2.35. The van der Waals surface area contributed by atoms with Gasteiger partial charge in [-0.05, 0) is 63.8 Å². The molecule has 1 atom stereocenters. The molecule has 1 fully saturated rings. The molecule has 1 aromatic rings. The lowest BCUT2D eigenvalue weighted by Gasteiger charge is -2.44. The maximum atomic E-state index is 13.5. The predicted octanol–water partition coefficient (Wildman–Crippen LogP) is 5.28. The number of methoxy groups -OCH3 is 1. The van der Waals surface area contributed by atoms with Crippen LogP contribution in [-0.4, -0.2) is 54.1 Å². The summed E-state index contributed by atoms with van der Waals surface area (Å²) in [6, 6.07) is 5.49. The van der Waals surface area contributed by atoms with E-state index in [-0.39, 0.29) is 18.0 Å². The molecule has 2 rings (SSSR count). The number of hydrogen-bond donors (Lipinski definition) is 0. The van der Waals surface area contributed by atoms with Gasteiger partial charge in [-0.1, -0.05) is 25.1 Å². The van der Waals surface area contributed by atoms with E-state index in [1.165, 1.54) is 0 Å². The number of rotatable bonds is 7. The van der Waals surface area contributed by atoms with Crippen LogP contribution in [0.25, 0.3) is 0 Å². The van der Waals surface area contributed by atoms with Crippen LogP contribution in [0.1, 0.15) is 57.7 Å². The van der Waals surface area contributed by atoms with E-state index in [2.05, 4.69) is 13.2 Å². The third-order valence-corrected chi connectivity index (χ3v) is 5.84. The minimum Gasteiger partial charge on any atom is -0.497 e. The molecular formula is C26H38N2O4. The van der Waals surface area contributed by atoms with Crippen LogP contribution < -0.4 is 4.74 Å². The third kappa shape index (κ3) is 5.93. The highest BCUT2D eigenvalue weighted by molar-refractivity contribution is 5.83. The van der Waals surface area contributed by atoms with Crippen molar-refractivity contribution in [2.24, 2.45) is 5.41 Å². The summed E-state index contributed by atoms with van der Waals surface area (Å²) in [7, 11) is 1.63. The second-order valence-electron chi connectivity index (χ2n) is 9.71. The summed E-state index contributed by atoms with van der Waals surface area (Å²) >= 11 is 0. The SMILES string of the molecule is C=CCC(C)(CC=C)C(=O)N1CCN(C(=O)OC(C)(C)C)C(c2ccc(OC)cc2C)C1. The molecule has 0 N–H and O–H groups in total. The summed E-state index contributed by atoms with van der Waals surface area (Å²) in [6.45, 7) is 18.4. The lowest BCUT2D eigenvalue weighted by Crippen LogP contribution is -2.55. The van der Waals surface area contributed by atoms with Gasteiger partial charge in [0.05, 0.1) is 18.6 Å². The first-order valence-corrected chi connectivity index (χ1v) is 11.1. The lowest BCUT2D eigenvalue weighted by atomic mass is 9.81. The van der Waals surface area contributed by atoms with Gasteiger partial charge in [0.15, 0.2) is 0 Å². The fourth-order valence-electron chi connectivity index (χ4n) is 4.20. The van der Waals surface area contributed by atoms with Gasteiger partial charge in [0, 0.05) is 19.6 Å². The molecule has 0 radical (unpaired) electrons. The maximum Gasteiger partial charge on any atom is 0.410 e. The van der Waals surface area contributed by atoms with E-state index < -0.39 is 11.0 Å². The molecule has 32 heavy (non-hydrogen) atoms. The van der Waals surface area contributed by atoms with Crippen LogP contribution in [0.5, 0.6) is 5.75 Å². The first-order chi connectivity index (χ1) is 15.0. The normalized spacial score (nSPS) is 17.0. The first kappa shape index (κ1) is 25.5. The van der Waals surface area contributed by atoms with E-state index in [1.807, 2.05) is 57.7 Å². The van der Waals surface area contributed by atoms with Crippen molar-refractivity contribution in [1.82, 2.24) is 9.80 Å². The van der Waals surface area contributed by atoms with Crippen LogP contribution in [0.4, 0.5) is 4.79 Å². The molecule has 6 heteroatoms. The smallest absolute Gasteiger partial charge is 0.410 e. The number of amides is 2. The number of aryl methyl sites for hydroxylation is 1. The minimum absolute atomic E-state index is 0.0531. The van der Waals surface area contributed by atoms with E-state index >= 15 is 0 Å². The number of piperazine rings is 1. The lowest BCUT2D eigenvalue weighted by molar-refractivity contribution is -0.144. The molecule has 0 bridgehead atoms. The van der Waals surface area contributed by atoms with Crippen molar-refractivity contribution in [2.45, 2.75) is 59.1 Å². The van der Waals surface area contributed by atoms with Crippen molar-refractivity contribution < 1.29 is 19.1 Å². The number of carbonyl (C=O) groups is 2. The van der Waals surface area contributed by atoms with Crippen LogP contribution in [0.2, 0.25) is 0 Å². The molecule has 0 spiro atoms. The van der Waals surface area contributed by atoms with E-state index in [9.17, 15) is 9.59 Å². The standard InChI is InChI=1S/C26H38N2O4/c1-9-13-26(7,14-10-2)23(29)27-15-16-28(24(30)32-25(4,5)6)22(18-27)21-12-11-20(31-8)17-19(21)3/h9-12,17,22H,1-2,13-16,18H2,3-8H3. The van der Waals surface area contributed by atoms with Crippen LogP contribution in [0, 0.1) is 12.3 Å². The molecule has 1 aliphatic heterocycles. The average molecular weight is 443 g/mol. The van der Waals surface area contributed by atoms with Crippen molar-refractivity contribution >= 4 is 12.0 Å². The summed E-state index contributed by atoms with van der Waals surface area (Å²) in [5.41, 5.74) is 0.771. The Labute approximate surface area is 192 Å². The number of ether oxygens (including phenoxy) is 2. The Morgan fingerprint density at radius 2 is 1.75 bits per heavy atom. The number of carbonyl (C=O) groups excluding carboxylic acids is 2. The summed E-state index contributed by atoms with van der Waals surface area (Å²) in [5.74, 6) is 0.806. The summed E-state index contributed by atoms with van der Waals surface area (Å²) in [6.07, 6.45) is 4.32. The van der Waals surface area contributed by atoms with Crippen molar-refractivity contribution in [3.63, 3.8) is 0 Å². The molecule has 1 heterocycles. The van der Waals surface area contributed by atoms with E-state index in [0.717, 1.165) is 16.9 Å². The predicted molar refractivity (Wildman–Crippen MR) is 128 cm³/mol. The zero-order chi connectivity index (χ0) is 24.1. The average Bonchev–Trinajstić information content (AvgIpc) is 2.71. The van der Waals surface area contributed by atoms with Gasteiger partial charge in [0.2, 0.25) is 5.91 Å². The molecular weight excluding hydrogens is 404 g/mol. The quantitative estimate of drug-likeness (QED) is 0.539. The van der Waals surface area contributed by atoms with E-state index in [4.69, 9.17) is 9.47 Å². The fraction of sp³-hybridized carbons (Fsp3) is 0.538. The monoisotopic (exact) mass is 442 g/mol. The van der Waals surface area contributed by atoms with Crippen LogP contribution in [0.15, 0.2) is 43.5 Å². The van der Waals surface area contributed by atoms with Crippen LogP contribution in [-0.2, 0) is 9.53 Å². The van der Waals surface area contributed by atoms with Gasteiger partial charge < -0.3 is 14.4 Å². The molecule has 176 valence electrons. The Kier molecular flexibility index (Phi) is 8.16. The zero-order valence-electron chi connectivity index (χ0n) is 20.4. The molecule has 1 aromatic carbocycles. The van der Waals surface area contributed by atoms with Gasteiger partial charge in [0.1, 0.15) is 11.4 Å². The second-order valence-corrected chi connectivity index (χ2v) is 9.71. The van der Waals surface area contributed by atoms with E-state index in [0.29, 0.717) is 32.5 Å². The molecule has 2 amide bonds. The summed E-state index contributed by atoms with van der Waals surface area (Å²) in [4.78, 5) is 30.2. The minimum atomic E-state index is -0.601. The molecule has 0 saturated carbocycles. The molecule has 1 aliphatic rings. The highest BCUT2D eigenvalue weighted by Gasteiger charge is 2.41. The Morgan fingerprint density at radius 1 is 1.12 bits per heavy atom. The summed E-state index contributed by atoms with van der Waals surface area (Å²) in [5, 5.41) is 0. The molecule has 1 unspecified atom stereocenters. The summed E-state index contributed by atoms with van der Waals surface area (Å²) < 4.78 is 11.0. The van der Waals surface area contributed by atoms with Crippen LogP contribution >= 0.6 is 0 Å². The van der Waals surface area contributed by atoms with Crippen molar-refractivity contribution in [2.75, 3.05) is 26.7 Å². The molecule has 0 aliphatic carbocycles. The van der Waals surface area contributed by atoms with Gasteiger partial charge in [-0.3, -0.25) is 9.69 Å². The Bertz CT molecular complexity index is 846. The third-order valence-electron chi connectivity index (χ3n) is 5.84. The van der Waals surface area contributed by atoms with Gasteiger partial charge in [-0.25, -0.2) is 4.79 Å². The topological polar surface area (TPSA) is 59.1 Å². The zero-order valence-corrected chi connectivity index (χ0v) is 20.4. The van der Waals surface area contributed by atoms with Crippen molar-refractivity contribution in [1.29, 1.82) is 0 Å². The number of benzene rings is 1. The first-order valence-electron chi connectivity index (χ1n) is 11.1. The van der Waals surface area contributed by atoms with Gasteiger partial charge >= 0.3 is 6.09 Å². The Hall–Kier alpha value is -2.76. The van der Waals surface area contributed by atoms with Gasteiger partial charge in [0.25, 0.3) is 0 Å². The second kappa shape index (κ2) is 10.2. The van der Waals surface area contributed by atoms with Crippen molar-refractivity contribution in [3.8, 4) is 5.75 Å². The molecule has 0 aromatic heterocycles. The Balaban J connectivity index is 2.41. The maximum absolute atomic E-state index is 13.5. The number of allylic oxidation sites excluding steroid dienone is 2. The Morgan fingerprint density at radius 3 is 2.25 bits per heavy atom. The van der Waals surface area contributed by atoms with Gasteiger partial charge in [-0.2, -0.15) is 0 Å². The fourth-order valence-corrected chi connectivity index (χ4v) is 4.20. The van der Waals surface area contributed by atoms with Crippen LogP contribution in [0.3, 0.4) is 0 Å². The number of hydrogen-bond acceptors (Lipinski definition) is 4. The van der Waals surface area contributed by atoms with Crippen molar-refractivity contribution in [3.05, 3.63) is 54.6 Å². The highest BCUT2D eigenvalue weighted by atomic mass is 16.6.